The van der Waals surface area contributed by atoms with E-state index in [2.05, 4.69) is 26.0 Å². The van der Waals surface area contributed by atoms with Crippen LogP contribution < -0.4 is 15.0 Å². The molecular weight excluding hydrogens is 659 g/mol. The normalized spacial score (nSPS) is 23.6. The maximum atomic E-state index is 17.0. The number of phenols is 1. The quantitative estimate of drug-likeness (QED) is 0.193. The van der Waals surface area contributed by atoms with Crippen LogP contribution in [0.15, 0.2) is 24.3 Å². The second-order valence-electron chi connectivity index (χ2n) is 13.7. The highest BCUT2D eigenvalue weighted by molar-refractivity contribution is 6.03. The summed E-state index contributed by atoms with van der Waals surface area (Å²) in [5, 5.41) is 15.2. The van der Waals surface area contributed by atoms with Gasteiger partial charge in [-0.3, -0.25) is 4.90 Å². The fourth-order valence-corrected chi connectivity index (χ4v) is 8.49. The van der Waals surface area contributed by atoms with E-state index in [0.717, 1.165) is 12.8 Å². The monoisotopic (exact) mass is 694 g/mol. The molecule has 4 aliphatic rings. The first-order chi connectivity index (χ1) is 24.0. The van der Waals surface area contributed by atoms with Crippen LogP contribution in [0.3, 0.4) is 0 Å². The van der Waals surface area contributed by atoms with E-state index >= 15 is 4.39 Å². The number of phenolic OH excluding ortho intramolecular Hbond substituents is 1. The molecule has 3 saturated heterocycles. The van der Waals surface area contributed by atoms with Gasteiger partial charge in [-0.2, -0.15) is 23.1 Å². The Morgan fingerprint density at radius 2 is 1.94 bits per heavy atom. The molecule has 0 saturated carbocycles. The molecule has 0 aliphatic carbocycles. The van der Waals surface area contributed by atoms with Crippen molar-refractivity contribution in [2.75, 3.05) is 50.9 Å². The fourth-order valence-electron chi connectivity index (χ4n) is 8.49. The predicted octanol–water partition coefficient (Wildman–Crippen LogP) is 5.49. The van der Waals surface area contributed by atoms with Crippen molar-refractivity contribution in [3.63, 3.8) is 0 Å². The zero-order valence-corrected chi connectivity index (χ0v) is 27.1. The summed E-state index contributed by atoms with van der Waals surface area (Å²) in [5.41, 5.74) is 0.0751. The number of hydrogen-bond acceptors (Lipinski definition) is 9. The topological polar surface area (TPSA) is 95.9 Å². The standard InChI is InChI=1S/C36H35F5N6O3/c1-2-24-26(37)6-4-20-14-23(48)15-25(28(20)24)31-30(38)32-29-27(43-31)7-5-21-16-42-11-13-46(21)33(29)45-34(44-32)50-18-35-9-3-12-47(35)22(8-10-35)17-49-19-36(39,40)41/h1,4,6,14-15,21-22,42,48H,3,5,7-13,16-19H2/t21-,22+,35+/m1/s1. The summed E-state index contributed by atoms with van der Waals surface area (Å²) in [6.07, 6.45) is 5.54. The summed E-state index contributed by atoms with van der Waals surface area (Å²) in [6, 6.07) is 5.31. The number of halogens is 5. The molecule has 3 fully saturated rings. The molecule has 0 radical (unpaired) electrons. The van der Waals surface area contributed by atoms with Crippen LogP contribution >= 0.6 is 0 Å². The van der Waals surface area contributed by atoms with Crippen molar-refractivity contribution in [3.8, 4) is 35.4 Å². The van der Waals surface area contributed by atoms with Gasteiger partial charge in [-0.1, -0.05) is 12.0 Å². The number of aromatic hydroxyl groups is 1. The van der Waals surface area contributed by atoms with Crippen LogP contribution in [0.5, 0.6) is 11.8 Å². The molecule has 0 spiro atoms. The third-order valence-corrected chi connectivity index (χ3v) is 10.7. The van der Waals surface area contributed by atoms with Gasteiger partial charge in [0.15, 0.2) is 5.82 Å². The first-order valence-corrected chi connectivity index (χ1v) is 16.9. The summed E-state index contributed by atoms with van der Waals surface area (Å²) in [6.45, 7) is 1.59. The van der Waals surface area contributed by atoms with Gasteiger partial charge in [-0.05, 0) is 68.7 Å². The number of aryl methyl sites for hydroxylation is 1. The van der Waals surface area contributed by atoms with Gasteiger partial charge in [0, 0.05) is 42.7 Å². The summed E-state index contributed by atoms with van der Waals surface area (Å²) in [7, 11) is 0. The van der Waals surface area contributed by atoms with E-state index in [-0.39, 0.29) is 64.8 Å². The molecule has 4 aromatic rings. The van der Waals surface area contributed by atoms with Crippen LogP contribution in [0.4, 0.5) is 27.8 Å². The lowest BCUT2D eigenvalue weighted by Gasteiger charge is -2.36. The van der Waals surface area contributed by atoms with Crippen LogP contribution in [0, 0.1) is 24.0 Å². The van der Waals surface area contributed by atoms with Gasteiger partial charge < -0.3 is 24.8 Å². The first-order valence-electron chi connectivity index (χ1n) is 16.9. The highest BCUT2D eigenvalue weighted by Gasteiger charge is 2.50. The number of benzene rings is 2. The number of aromatic nitrogens is 3. The molecule has 2 aromatic heterocycles. The van der Waals surface area contributed by atoms with Gasteiger partial charge in [0.25, 0.3) is 0 Å². The lowest BCUT2D eigenvalue weighted by molar-refractivity contribution is -0.177. The maximum absolute atomic E-state index is 17.0. The Balaban J connectivity index is 1.21. The molecule has 6 heterocycles. The first kappa shape index (κ1) is 32.9. The molecule has 50 heavy (non-hydrogen) atoms. The molecule has 9 nitrogen and oxygen atoms in total. The van der Waals surface area contributed by atoms with E-state index in [0.29, 0.717) is 74.1 Å². The average molecular weight is 695 g/mol. The third-order valence-electron chi connectivity index (χ3n) is 10.7. The molecular formula is C36H35F5N6O3. The molecule has 0 bridgehead atoms. The molecule has 2 aromatic carbocycles. The Labute approximate surface area is 284 Å². The van der Waals surface area contributed by atoms with Crippen molar-refractivity contribution in [2.24, 2.45) is 0 Å². The number of fused-ring (bicyclic) bond motifs is 4. The molecule has 8 rings (SSSR count). The minimum Gasteiger partial charge on any atom is -0.508 e. The van der Waals surface area contributed by atoms with E-state index in [4.69, 9.17) is 25.9 Å². The largest absolute Gasteiger partial charge is 0.508 e. The second kappa shape index (κ2) is 12.5. The Morgan fingerprint density at radius 1 is 1.08 bits per heavy atom. The van der Waals surface area contributed by atoms with Crippen molar-refractivity contribution >= 4 is 27.5 Å². The number of piperazine rings is 1. The highest BCUT2D eigenvalue weighted by Crippen LogP contribution is 2.44. The van der Waals surface area contributed by atoms with Gasteiger partial charge in [0.2, 0.25) is 0 Å². The van der Waals surface area contributed by atoms with E-state index in [1.54, 1.807) is 0 Å². The second-order valence-corrected chi connectivity index (χ2v) is 13.7. The number of alkyl halides is 3. The average Bonchev–Trinajstić information content (AvgIpc) is 3.61. The minimum absolute atomic E-state index is 0.00929. The lowest BCUT2D eigenvalue weighted by atomic mass is 9.95. The summed E-state index contributed by atoms with van der Waals surface area (Å²) in [4.78, 5) is 18.6. The molecule has 4 aliphatic heterocycles. The van der Waals surface area contributed by atoms with Gasteiger partial charge in [-0.25, -0.2) is 13.8 Å². The van der Waals surface area contributed by atoms with E-state index in [1.807, 2.05) is 0 Å². The van der Waals surface area contributed by atoms with Gasteiger partial charge in [-0.15, -0.1) is 6.42 Å². The molecule has 3 atom stereocenters. The van der Waals surface area contributed by atoms with Crippen molar-refractivity contribution in [3.05, 3.63) is 47.2 Å². The molecule has 262 valence electrons. The van der Waals surface area contributed by atoms with Crippen LogP contribution in [-0.2, 0) is 11.2 Å². The van der Waals surface area contributed by atoms with Gasteiger partial charge >= 0.3 is 12.2 Å². The molecule has 2 N–H and O–H groups in total. The number of terminal acetylenes is 1. The fraction of sp³-hybridized carbons (Fsp3) is 0.472. The van der Waals surface area contributed by atoms with Crippen molar-refractivity contribution in [1.82, 2.24) is 25.2 Å². The van der Waals surface area contributed by atoms with Crippen LogP contribution in [-0.4, -0.2) is 94.8 Å². The van der Waals surface area contributed by atoms with E-state index in [9.17, 15) is 22.7 Å². The highest BCUT2D eigenvalue weighted by atomic mass is 19.4. The van der Waals surface area contributed by atoms with Crippen molar-refractivity contribution in [1.29, 1.82) is 0 Å². The van der Waals surface area contributed by atoms with Crippen LogP contribution in [0.25, 0.3) is 32.9 Å². The number of hydrogen-bond donors (Lipinski definition) is 2. The van der Waals surface area contributed by atoms with E-state index in [1.165, 1.54) is 24.3 Å². The van der Waals surface area contributed by atoms with Crippen LogP contribution in [0.2, 0.25) is 0 Å². The zero-order chi connectivity index (χ0) is 34.8. The number of nitrogens with one attached hydrogen (secondary N) is 1. The van der Waals surface area contributed by atoms with Gasteiger partial charge in [0.05, 0.1) is 28.8 Å². The predicted molar refractivity (Wildman–Crippen MR) is 176 cm³/mol. The summed E-state index contributed by atoms with van der Waals surface area (Å²) < 4.78 is 81.7. The number of anilines is 1. The van der Waals surface area contributed by atoms with Crippen molar-refractivity contribution in [2.45, 2.75) is 62.3 Å². The lowest BCUT2D eigenvalue weighted by Crippen LogP contribution is -2.51. The number of rotatable bonds is 7. The third kappa shape index (κ3) is 5.65. The smallest absolute Gasteiger partial charge is 0.411 e. The van der Waals surface area contributed by atoms with Crippen molar-refractivity contribution < 1.29 is 36.5 Å². The Bertz CT molecular complexity index is 2040. The van der Waals surface area contributed by atoms with Gasteiger partial charge in [0.1, 0.15) is 41.8 Å². The molecule has 0 amide bonds. The summed E-state index contributed by atoms with van der Waals surface area (Å²) in [5.74, 6) is 1.30. The van der Waals surface area contributed by atoms with Crippen LogP contribution in [0.1, 0.15) is 43.4 Å². The maximum Gasteiger partial charge on any atom is 0.411 e. The number of pyridine rings is 1. The molecule has 0 unspecified atom stereocenters. The molecule has 14 heteroatoms. The zero-order valence-electron chi connectivity index (χ0n) is 27.1. The minimum atomic E-state index is -4.39. The SMILES string of the molecule is C#Cc1c(F)ccc2cc(O)cc(-c3nc4c5c(nc(OC[C@@]67CCCN6[C@H](COCC(F)(F)F)CC7)nc5c3F)N3CCNC[C@H]3CC4)c12. The Morgan fingerprint density at radius 3 is 2.76 bits per heavy atom. The summed E-state index contributed by atoms with van der Waals surface area (Å²) >= 11 is 0. The Kier molecular flexibility index (Phi) is 8.20. The Hall–Kier alpha value is -4.32. The number of nitrogens with zero attached hydrogens (tertiary/aromatic N) is 5. The van der Waals surface area contributed by atoms with E-state index < -0.39 is 30.0 Å². The number of ether oxygens (including phenoxy) is 2.